The first-order chi connectivity index (χ1) is 7.50. The summed E-state index contributed by atoms with van der Waals surface area (Å²) in [6, 6.07) is 7.51. The van der Waals surface area contributed by atoms with Gasteiger partial charge in [0.05, 0.1) is 12.0 Å². The van der Waals surface area contributed by atoms with Crippen LogP contribution >= 0.6 is 0 Å². The predicted octanol–water partition coefficient (Wildman–Crippen LogP) is 3.46. The summed E-state index contributed by atoms with van der Waals surface area (Å²) in [6.07, 6.45) is 1.40. The predicted molar refractivity (Wildman–Crippen MR) is 63.9 cm³/mol. The Balaban J connectivity index is 2.30. The fraction of sp³-hybridized carbons (Fsp3) is 0.500. The van der Waals surface area contributed by atoms with Gasteiger partial charge in [0.25, 0.3) is 0 Å². The molecule has 16 heavy (non-hydrogen) atoms. The number of para-hydroxylation sites is 1. The van der Waals surface area contributed by atoms with E-state index in [4.69, 9.17) is 4.74 Å². The fourth-order valence-electron chi connectivity index (χ4n) is 2.50. The summed E-state index contributed by atoms with van der Waals surface area (Å²) in [4.78, 5) is 12.0. The lowest BCUT2D eigenvalue weighted by atomic mass is 9.85. The van der Waals surface area contributed by atoms with Crippen LogP contribution in [0.3, 0.4) is 0 Å². The molecule has 0 spiro atoms. The van der Waals surface area contributed by atoms with E-state index in [0.29, 0.717) is 12.3 Å². The molecule has 0 amide bonds. The first kappa shape index (κ1) is 11.2. The van der Waals surface area contributed by atoms with Crippen LogP contribution in [0.15, 0.2) is 24.3 Å². The van der Waals surface area contributed by atoms with Crippen molar-refractivity contribution >= 4 is 5.78 Å². The van der Waals surface area contributed by atoms with E-state index in [1.165, 1.54) is 0 Å². The number of rotatable bonds is 2. The molecular weight excluding hydrogens is 200 g/mol. The van der Waals surface area contributed by atoms with Gasteiger partial charge in [0, 0.05) is 0 Å². The quantitative estimate of drug-likeness (QED) is 0.760. The molecule has 86 valence electrons. The Labute approximate surface area is 96.6 Å². The van der Waals surface area contributed by atoms with Crippen molar-refractivity contribution in [3.8, 4) is 5.75 Å². The molecule has 0 radical (unpaired) electrons. The molecule has 2 rings (SSSR count). The summed E-state index contributed by atoms with van der Waals surface area (Å²) in [5.74, 6) is 1.47. The molecule has 2 heteroatoms. The van der Waals surface area contributed by atoms with E-state index in [0.717, 1.165) is 17.7 Å². The lowest BCUT2D eigenvalue weighted by Crippen LogP contribution is -2.40. The Bertz CT molecular complexity index is 409. The number of carbonyl (C=O) groups is 1. The number of Topliss-reactive ketones (excluding diaryl/α,β-unsaturated/α-hetero) is 1. The van der Waals surface area contributed by atoms with Crippen molar-refractivity contribution < 1.29 is 9.53 Å². The van der Waals surface area contributed by atoms with Crippen molar-refractivity contribution in [3.63, 3.8) is 0 Å². The van der Waals surface area contributed by atoms with Gasteiger partial charge in [0.15, 0.2) is 5.78 Å². The number of hydrogen-bond acceptors (Lipinski definition) is 2. The van der Waals surface area contributed by atoms with Gasteiger partial charge in [-0.3, -0.25) is 4.79 Å². The third-order valence-corrected chi connectivity index (χ3v) is 2.92. The van der Waals surface area contributed by atoms with E-state index in [1.807, 2.05) is 31.2 Å². The smallest absolute Gasteiger partial charge is 0.170 e. The number of fused-ring (bicyclic) bond motifs is 1. The maximum absolute atomic E-state index is 12.0. The molecule has 0 bridgehead atoms. The number of ether oxygens (including phenoxy) is 1. The molecule has 2 nitrogen and oxygen atoms in total. The summed E-state index contributed by atoms with van der Waals surface area (Å²) >= 11 is 0. The summed E-state index contributed by atoms with van der Waals surface area (Å²) in [7, 11) is 0. The van der Waals surface area contributed by atoms with E-state index in [9.17, 15) is 4.79 Å². The molecule has 0 fully saturated rings. The highest BCUT2D eigenvalue weighted by Crippen LogP contribution is 2.36. The second-order valence-electron chi connectivity index (χ2n) is 5.25. The van der Waals surface area contributed by atoms with E-state index in [2.05, 4.69) is 13.8 Å². The Morgan fingerprint density at radius 2 is 2.06 bits per heavy atom. The number of hydrogen-bond donors (Lipinski definition) is 0. The lowest BCUT2D eigenvalue weighted by Gasteiger charge is -2.36. The molecule has 1 unspecified atom stereocenters. The van der Waals surface area contributed by atoms with Crippen molar-refractivity contribution in [3.05, 3.63) is 29.8 Å². The zero-order valence-electron chi connectivity index (χ0n) is 10.1. The Morgan fingerprint density at radius 1 is 1.38 bits per heavy atom. The van der Waals surface area contributed by atoms with Gasteiger partial charge in [-0.15, -0.1) is 0 Å². The standard InChI is InChI=1S/C14H18O2/c1-10(2)8-14(3)9-12(15)11-6-4-5-7-13(11)16-14/h4-7,10H,8-9H2,1-3H3. The minimum absolute atomic E-state index is 0.199. The van der Waals surface area contributed by atoms with Crippen LogP contribution in [0.2, 0.25) is 0 Å². The van der Waals surface area contributed by atoms with Crippen molar-refractivity contribution in [1.82, 2.24) is 0 Å². The summed E-state index contributed by atoms with van der Waals surface area (Å²) in [6.45, 7) is 6.33. The van der Waals surface area contributed by atoms with Crippen LogP contribution in [-0.4, -0.2) is 11.4 Å². The first-order valence-corrected chi connectivity index (χ1v) is 5.81. The molecule has 1 aromatic rings. The van der Waals surface area contributed by atoms with Crippen LogP contribution in [0.5, 0.6) is 5.75 Å². The van der Waals surface area contributed by atoms with Crippen molar-refractivity contribution in [2.75, 3.05) is 0 Å². The lowest BCUT2D eigenvalue weighted by molar-refractivity contribution is 0.0392. The minimum Gasteiger partial charge on any atom is -0.486 e. The van der Waals surface area contributed by atoms with Crippen LogP contribution in [0.4, 0.5) is 0 Å². The van der Waals surface area contributed by atoms with Gasteiger partial charge in [-0.1, -0.05) is 26.0 Å². The molecule has 1 heterocycles. The highest BCUT2D eigenvalue weighted by molar-refractivity contribution is 6.00. The summed E-state index contributed by atoms with van der Waals surface area (Å²) in [5.41, 5.74) is 0.392. The van der Waals surface area contributed by atoms with Gasteiger partial charge in [0.2, 0.25) is 0 Å². The Hall–Kier alpha value is -1.31. The van der Waals surface area contributed by atoms with Crippen LogP contribution in [-0.2, 0) is 0 Å². The van der Waals surface area contributed by atoms with Crippen LogP contribution < -0.4 is 4.74 Å². The van der Waals surface area contributed by atoms with Gasteiger partial charge in [0.1, 0.15) is 11.4 Å². The average molecular weight is 218 g/mol. The monoisotopic (exact) mass is 218 g/mol. The minimum atomic E-state index is -0.334. The molecule has 0 aromatic heterocycles. The van der Waals surface area contributed by atoms with E-state index < -0.39 is 0 Å². The Kier molecular flexibility index (Phi) is 2.75. The maximum atomic E-state index is 12.0. The van der Waals surface area contributed by atoms with Gasteiger partial charge >= 0.3 is 0 Å². The molecule has 0 aliphatic carbocycles. The summed E-state index contributed by atoms with van der Waals surface area (Å²) in [5, 5.41) is 0. The van der Waals surface area contributed by atoms with E-state index in [-0.39, 0.29) is 11.4 Å². The second kappa shape index (κ2) is 3.93. The highest BCUT2D eigenvalue weighted by atomic mass is 16.5. The second-order valence-corrected chi connectivity index (χ2v) is 5.25. The molecule has 0 saturated carbocycles. The van der Waals surface area contributed by atoms with Crippen molar-refractivity contribution in [1.29, 1.82) is 0 Å². The Morgan fingerprint density at radius 3 is 2.75 bits per heavy atom. The number of carbonyl (C=O) groups excluding carboxylic acids is 1. The molecule has 0 saturated heterocycles. The molecular formula is C14H18O2. The maximum Gasteiger partial charge on any atom is 0.170 e. The van der Waals surface area contributed by atoms with Crippen molar-refractivity contribution in [2.45, 2.75) is 39.2 Å². The van der Waals surface area contributed by atoms with E-state index >= 15 is 0 Å². The van der Waals surface area contributed by atoms with Crippen LogP contribution in [0.25, 0.3) is 0 Å². The average Bonchev–Trinajstić information content (AvgIpc) is 2.15. The van der Waals surface area contributed by atoms with Gasteiger partial charge in [-0.2, -0.15) is 0 Å². The SMILES string of the molecule is CC(C)CC1(C)CC(=O)c2ccccc2O1. The zero-order valence-corrected chi connectivity index (χ0v) is 10.1. The van der Waals surface area contributed by atoms with Gasteiger partial charge in [-0.25, -0.2) is 0 Å². The fourth-order valence-corrected chi connectivity index (χ4v) is 2.50. The molecule has 1 aliphatic heterocycles. The largest absolute Gasteiger partial charge is 0.486 e. The first-order valence-electron chi connectivity index (χ1n) is 5.81. The van der Waals surface area contributed by atoms with Crippen molar-refractivity contribution in [2.24, 2.45) is 5.92 Å². The highest BCUT2D eigenvalue weighted by Gasteiger charge is 2.36. The summed E-state index contributed by atoms with van der Waals surface area (Å²) < 4.78 is 5.98. The topological polar surface area (TPSA) is 26.3 Å². The van der Waals surface area contributed by atoms with Crippen LogP contribution in [0.1, 0.15) is 44.0 Å². The molecule has 1 aliphatic rings. The van der Waals surface area contributed by atoms with E-state index in [1.54, 1.807) is 0 Å². The zero-order chi connectivity index (χ0) is 11.8. The molecule has 0 N–H and O–H groups in total. The van der Waals surface area contributed by atoms with Crippen LogP contribution in [0, 0.1) is 5.92 Å². The molecule has 1 aromatic carbocycles. The molecule has 1 atom stereocenters. The third kappa shape index (κ3) is 2.11. The van der Waals surface area contributed by atoms with Gasteiger partial charge in [-0.05, 0) is 31.4 Å². The van der Waals surface area contributed by atoms with Gasteiger partial charge < -0.3 is 4.74 Å². The number of ketones is 1. The normalized spacial score (nSPS) is 24.1. The number of benzene rings is 1. The third-order valence-electron chi connectivity index (χ3n) is 2.92.